The number of likely N-dealkylation sites (N-methyl/N-ethyl adjacent to an activating group) is 2. The SMILES string of the molecule is CN1CCCC(N(C)C(=O)c2cccc(C#N)c2)C1. The van der Waals surface area contributed by atoms with Crippen LogP contribution < -0.4 is 0 Å². The van der Waals surface area contributed by atoms with E-state index >= 15 is 0 Å². The van der Waals surface area contributed by atoms with Crippen molar-refractivity contribution in [3.8, 4) is 6.07 Å². The quantitative estimate of drug-likeness (QED) is 0.810. The van der Waals surface area contributed by atoms with E-state index in [0.29, 0.717) is 11.1 Å². The summed E-state index contributed by atoms with van der Waals surface area (Å²) in [7, 11) is 3.94. The molecule has 1 saturated heterocycles. The summed E-state index contributed by atoms with van der Waals surface area (Å²) in [6.45, 7) is 2.02. The molecule has 1 aliphatic heterocycles. The minimum atomic E-state index is -0.00241. The molecular weight excluding hydrogens is 238 g/mol. The first-order chi connectivity index (χ1) is 9.11. The second-order valence-electron chi connectivity index (χ2n) is 5.17. The van der Waals surface area contributed by atoms with E-state index in [1.54, 1.807) is 24.3 Å². The fourth-order valence-corrected chi connectivity index (χ4v) is 2.55. The number of benzene rings is 1. The zero-order valence-corrected chi connectivity index (χ0v) is 11.5. The molecule has 4 heteroatoms. The van der Waals surface area contributed by atoms with Crippen molar-refractivity contribution >= 4 is 5.91 Å². The van der Waals surface area contributed by atoms with Crippen LogP contribution in [0.15, 0.2) is 24.3 Å². The Morgan fingerprint density at radius 2 is 2.32 bits per heavy atom. The fraction of sp³-hybridized carbons (Fsp3) is 0.467. The highest BCUT2D eigenvalue weighted by atomic mass is 16.2. The van der Waals surface area contributed by atoms with Crippen LogP contribution in [-0.2, 0) is 0 Å². The molecule has 1 aliphatic rings. The van der Waals surface area contributed by atoms with Gasteiger partial charge in [0.15, 0.2) is 0 Å². The van der Waals surface area contributed by atoms with Crippen molar-refractivity contribution in [2.45, 2.75) is 18.9 Å². The molecule has 1 heterocycles. The topological polar surface area (TPSA) is 47.3 Å². The molecule has 100 valence electrons. The Kier molecular flexibility index (Phi) is 4.18. The third kappa shape index (κ3) is 3.12. The molecule has 2 rings (SSSR count). The van der Waals surface area contributed by atoms with Crippen LogP contribution in [-0.4, -0.2) is 48.9 Å². The van der Waals surface area contributed by atoms with Crippen LogP contribution in [0.5, 0.6) is 0 Å². The van der Waals surface area contributed by atoms with E-state index in [-0.39, 0.29) is 11.9 Å². The van der Waals surface area contributed by atoms with Gasteiger partial charge in [0.05, 0.1) is 11.6 Å². The molecule has 0 spiro atoms. The maximum atomic E-state index is 12.4. The van der Waals surface area contributed by atoms with Crippen molar-refractivity contribution in [3.63, 3.8) is 0 Å². The van der Waals surface area contributed by atoms with Gasteiger partial charge in [-0.1, -0.05) is 6.07 Å². The maximum Gasteiger partial charge on any atom is 0.253 e. The van der Waals surface area contributed by atoms with Crippen molar-refractivity contribution < 1.29 is 4.79 Å². The van der Waals surface area contributed by atoms with Crippen LogP contribution in [0.2, 0.25) is 0 Å². The average Bonchev–Trinajstić information content (AvgIpc) is 2.45. The van der Waals surface area contributed by atoms with Crippen LogP contribution in [0.3, 0.4) is 0 Å². The molecule has 0 N–H and O–H groups in total. The molecule has 1 fully saturated rings. The summed E-state index contributed by atoms with van der Waals surface area (Å²) in [6.07, 6.45) is 2.17. The number of hydrogen-bond acceptors (Lipinski definition) is 3. The normalized spacial score (nSPS) is 19.7. The van der Waals surface area contributed by atoms with Gasteiger partial charge in [-0.25, -0.2) is 0 Å². The summed E-state index contributed by atoms with van der Waals surface area (Å²) in [5.41, 5.74) is 1.12. The number of carbonyl (C=O) groups excluding carboxylic acids is 1. The van der Waals surface area contributed by atoms with Gasteiger partial charge >= 0.3 is 0 Å². The van der Waals surface area contributed by atoms with Gasteiger partial charge in [0, 0.05) is 25.2 Å². The van der Waals surface area contributed by atoms with Gasteiger partial charge in [0.25, 0.3) is 5.91 Å². The number of rotatable bonds is 2. The molecule has 1 aromatic carbocycles. The summed E-state index contributed by atoms with van der Waals surface area (Å²) in [4.78, 5) is 16.5. The van der Waals surface area contributed by atoms with Crippen LogP contribution in [0, 0.1) is 11.3 Å². The van der Waals surface area contributed by atoms with Gasteiger partial charge in [-0.15, -0.1) is 0 Å². The molecule has 0 aliphatic carbocycles. The molecule has 0 bridgehead atoms. The van der Waals surface area contributed by atoms with Crippen molar-refractivity contribution in [1.82, 2.24) is 9.80 Å². The zero-order chi connectivity index (χ0) is 13.8. The van der Waals surface area contributed by atoms with Gasteiger partial charge in [0.2, 0.25) is 0 Å². The van der Waals surface area contributed by atoms with E-state index in [1.165, 1.54) is 0 Å². The minimum absolute atomic E-state index is 0.00241. The standard InChI is InChI=1S/C15H19N3O/c1-17-8-4-7-14(11-17)18(2)15(19)13-6-3-5-12(9-13)10-16/h3,5-6,9,14H,4,7-8,11H2,1-2H3. The Hall–Kier alpha value is -1.86. The summed E-state index contributed by atoms with van der Waals surface area (Å²) in [5.74, 6) is -0.00241. The van der Waals surface area contributed by atoms with E-state index in [0.717, 1.165) is 25.9 Å². The first-order valence-corrected chi connectivity index (χ1v) is 6.57. The number of hydrogen-bond donors (Lipinski definition) is 0. The van der Waals surface area contributed by atoms with E-state index in [9.17, 15) is 4.79 Å². The summed E-state index contributed by atoms with van der Waals surface area (Å²) < 4.78 is 0. The highest BCUT2D eigenvalue weighted by molar-refractivity contribution is 5.94. The Morgan fingerprint density at radius 3 is 3.00 bits per heavy atom. The summed E-state index contributed by atoms with van der Waals surface area (Å²) >= 11 is 0. The number of nitriles is 1. The Balaban J connectivity index is 2.12. The highest BCUT2D eigenvalue weighted by Crippen LogP contribution is 2.16. The van der Waals surface area contributed by atoms with E-state index in [2.05, 4.69) is 18.0 Å². The molecular formula is C15H19N3O. The molecule has 1 atom stereocenters. The predicted octanol–water partition coefficient (Wildman–Crippen LogP) is 1.72. The lowest BCUT2D eigenvalue weighted by molar-refractivity contribution is 0.0644. The molecule has 0 saturated carbocycles. The lowest BCUT2D eigenvalue weighted by Gasteiger charge is -2.35. The second-order valence-corrected chi connectivity index (χ2v) is 5.17. The van der Waals surface area contributed by atoms with Gasteiger partial charge in [-0.2, -0.15) is 5.26 Å². The Labute approximate surface area is 114 Å². The lowest BCUT2D eigenvalue weighted by Crippen LogP contribution is -2.47. The first kappa shape index (κ1) is 13.6. The second kappa shape index (κ2) is 5.85. The van der Waals surface area contributed by atoms with Crippen LogP contribution >= 0.6 is 0 Å². The number of carbonyl (C=O) groups is 1. The smallest absolute Gasteiger partial charge is 0.253 e. The Morgan fingerprint density at radius 1 is 1.53 bits per heavy atom. The Bertz CT molecular complexity index is 506. The zero-order valence-electron chi connectivity index (χ0n) is 11.5. The largest absolute Gasteiger partial charge is 0.337 e. The van der Waals surface area contributed by atoms with Crippen molar-refractivity contribution in [3.05, 3.63) is 35.4 Å². The number of piperidine rings is 1. The minimum Gasteiger partial charge on any atom is -0.337 e. The average molecular weight is 257 g/mol. The number of nitrogens with zero attached hydrogens (tertiary/aromatic N) is 3. The highest BCUT2D eigenvalue weighted by Gasteiger charge is 2.25. The van der Waals surface area contributed by atoms with Gasteiger partial charge in [0.1, 0.15) is 0 Å². The van der Waals surface area contributed by atoms with Gasteiger partial charge in [-0.05, 0) is 44.6 Å². The third-order valence-electron chi connectivity index (χ3n) is 3.71. The molecule has 1 aromatic rings. The van der Waals surface area contributed by atoms with E-state index in [1.807, 2.05) is 11.9 Å². The fourth-order valence-electron chi connectivity index (χ4n) is 2.55. The van der Waals surface area contributed by atoms with Crippen LogP contribution in [0.25, 0.3) is 0 Å². The van der Waals surface area contributed by atoms with Crippen LogP contribution in [0.4, 0.5) is 0 Å². The van der Waals surface area contributed by atoms with Crippen molar-refractivity contribution in [2.75, 3.05) is 27.2 Å². The molecule has 0 aromatic heterocycles. The molecule has 4 nitrogen and oxygen atoms in total. The van der Waals surface area contributed by atoms with Crippen molar-refractivity contribution in [1.29, 1.82) is 5.26 Å². The summed E-state index contributed by atoms with van der Waals surface area (Å²) in [6, 6.07) is 9.23. The van der Waals surface area contributed by atoms with Crippen molar-refractivity contribution in [2.24, 2.45) is 0 Å². The molecule has 1 unspecified atom stereocenters. The third-order valence-corrected chi connectivity index (χ3v) is 3.71. The molecule has 19 heavy (non-hydrogen) atoms. The molecule has 1 amide bonds. The molecule has 0 radical (unpaired) electrons. The lowest BCUT2D eigenvalue weighted by atomic mass is 10.0. The first-order valence-electron chi connectivity index (χ1n) is 6.57. The summed E-state index contributed by atoms with van der Waals surface area (Å²) in [5, 5.41) is 8.88. The van der Waals surface area contributed by atoms with E-state index < -0.39 is 0 Å². The van der Waals surface area contributed by atoms with E-state index in [4.69, 9.17) is 5.26 Å². The predicted molar refractivity (Wildman–Crippen MR) is 73.8 cm³/mol. The number of likely N-dealkylation sites (tertiary alicyclic amines) is 1. The maximum absolute atomic E-state index is 12.4. The van der Waals surface area contributed by atoms with Gasteiger partial charge in [-0.3, -0.25) is 4.79 Å². The van der Waals surface area contributed by atoms with Gasteiger partial charge < -0.3 is 9.80 Å². The monoisotopic (exact) mass is 257 g/mol. The van der Waals surface area contributed by atoms with Crippen LogP contribution in [0.1, 0.15) is 28.8 Å². The number of amides is 1.